The lowest BCUT2D eigenvalue weighted by Crippen LogP contribution is -2.12. The molecule has 188 valence electrons. The van der Waals surface area contributed by atoms with Crippen LogP contribution in [0.25, 0.3) is 54.6 Å². The van der Waals surface area contributed by atoms with Crippen molar-refractivity contribution in [1.29, 1.82) is 0 Å². The molecule has 0 aliphatic rings. The topological polar surface area (TPSA) is 43.8 Å². The Hall–Kier alpha value is -4.90. The van der Waals surface area contributed by atoms with Crippen molar-refractivity contribution in [2.45, 2.75) is 26.2 Å². The largest absolute Gasteiger partial charge is 0.457 e. The second-order valence-electron chi connectivity index (χ2n) is 11.2. The van der Waals surface area contributed by atoms with Crippen LogP contribution in [0, 0.1) is 0 Å². The zero-order valence-electron chi connectivity index (χ0n) is 22.0. The van der Waals surface area contributed by atoms with E-state index in [1.54, 1.807) is 0 Å². The van der Waals surface area contributed by atoms with Crippen molar-refractivity contribution >= 4 is 54.6 Å². The molecule has 4 aromatic heterocycles. The van der Waals surface area contributed by atoms with Crippen LogP contribution in [0.1, 0.15) is 26.3 Å². The summed E-state index contributed by atoms with van der Waals surface area (Å²) < 4.78 is 10.8. The van der Waals surface area contributed by atoms with Crippen LogP contribution in [0.4, 0.5) is 0 Å². The molecule has 5 heteroatoms. The first-order valence-corrected chi connectivity index (χ1v) is 13.2. The van der Waals surface area contributed by atoms with E-state index in [9.17, 15) is 0 Å². The molecule has 0 unspecified atom stereocenters. The average Bonchev–Trinajstić information content (AvgIpc) is 3.63. The minimum absolute atomic E-state index is 0.00329. The third-order valence-corrected chi connectivity index (χ3v) is 7.81. The van der Waals surface area contributed by atoms with Gasteiger partial charge in [-0.15, -0.1) is 0 Å². The molecule has 0 radical (unpaired) electrons. The van der Waals surface area contributed by atoms with E-state index in [2.05, 4.69) is 107 Å². The Morgan fingerprint density at radius 2 is 1.21 bits per heavy atom. The summed E-state index contributed by atoms with van der Waals surface area (Å²) in [6.45, 7) is 6.80. The lowest BCUT2D eigenvalue weighted by molar-refractivity contribution is 0.484. The lowest BCUT2D eigenvalue weighted by atomic mass is 9.83. The van der Waals surface area contributed by atoms with Crippen LogP contribution in [-0.2, 0) is 5.41 Å². The Morgan fingerprint density at radius 1 is 0.590 bits per heavy atom. The molecule has 0 saturated carbocycles. The van der Waals surface area contributed by atoms with Gasteiger partial charge < -0.3 is 4.74 Å². The zero-order valence-corrected chi connectivity index (χ0v) is 22.0. The second kappa shape index (κ2) is 7.81. The molecule has 0 saturated heterocycles. The molecule has 0 fully saturated rings. The highest BCUT2D eigenvalue weighted by Gasteiger charge is 2.21. The fourth-order valence-electron chi connectivity index (χ4n) is 6.09. The molecule has 0 aliphatic heterocycles. The number of pyridine rings is 2. The molecule has 0 N–H and O–H groups in total. The van der Waals surface area contributed by atoms with E-state index < -0.39 is 0 Å². The first-order valence-electron chi connectivity index (χ1n) is 13.2. The van der Waals surface area contributed by atoms with Gasteiger partial charge in [0.05, 0.1) is 11.0 Å². The molecule has 8 rings (SSSR count). The third-order valence-electron chi connectivity index (χ3n) is 7.81. The van der Waals surface area contributed by atoms with Crippen LogP contribution in [0.15, 0.2) is 104 Å². The first-order chi connectivity index (χ1) is 19.0. The highest BCUT2D eigenvalue weighted by Crippen LogP contribution is 2.39. The Morgan fingerprint density at radius 3 is 1.92 bits per heavy atom. The van der Waals surface area contributed by atoms with Crippen molar-refractivity contribution in [2.24, 2.45) is 0 Å². The van der Waals surface area contributed by atoms with Gasteiger partial charge in [0, 0.05) is 46.3 Å². The number of para-hydroxylation sites is 1. The van der Waals surface area contributed by atoms with Gasteiger partial charge in [-0.05, 0) is 70.3 Å². The van der Waals surface area contributed by atoms with Crippen LogP contribution >= 0.6 is 0 Å². The van der Waals surface area contributed by atoms with Gasteiger partial charge in [-0.3, -0.25) is 8.80 Å². The Balaban J connectivity index is 1.32. The number of hydrogen-bond donors (Lipinski definition) is 0. The lowest BCUT2D eigenvalue weighted by Gasteiger charge is -2.23. The van der Waals surface area contributed by atoms with E-state index in [0.717, 1.165) is 44.5 Å². The summed E-state index contributed by atoms with van der Waals surface area (Å²) >= 11 is 0. The maximum Gasteiger partial charge on any atom is 0.145 e. The van der Waals surface area contributed by atoms with Gasteiger partial charge in [0.2, 0.25) is 0 Å². The van der Waals surface area contributed by atoms with E-state index >= 15 is 0 Å². The summed E-state index contributed by atoms with van der Waals surface area (Å²) in [5, 5.41) is 6.94. The molecule has 0 bridgehead atoms. The van der Waals surface area contributed by atoms with Crippen LogP contribution in [0.5, 0.6) is 11.5 Å². The van der Waals surface area contributed by atoms with Crippen molar-refractivity contribution in [2.75, 3.05) is 0 Å². The first kappa shape index (κ1) is 22.1. The second-order valence-corrected chi connectivity index (χ2v) is 11.2. The highest BCUT2D eigenvalue weighted by molar-refractivity contribution is 6.14. The molecule has 5 nitrogen and oxygen atoms in total. The van der Waals surface area contributed by atoms with Gasteiger partial charge in [-0.2, -0.15) is 0 Å². The number of hydrogen-bond acceptors (Lipinski definition) is 3. The Kier molecular flexibility index (Phi) is 4.43. The number of aromatic nitrogens is 4. The van der Waals surface area contributed by atoms with Gasteiger partial charge >= 0.3 is 0 Å². The third kappa shape index (κ3) is 3.20. The molecule has 8 aromatic rings. The zero-order chi connectivity index (χ0) is 26.3. The molecule has 0 spiro atoms. The minimum atomic E-state index is 0.00329. The Bertz CT molecular complexity index is 2250. The van der Waals surface area contributed by atoms with Crippen molar-refractivity contribution in [3.05, 3.63) is 109 Å². The van der Waals surface area contributed by atoms with Gasteiger partial charge in [-0.1, -0.05) is 51.1 Å². The number of nitrogens with zero attached hydrogens (tertiary/aromatic N) is 4. The molecule has 0 atom stereocenters. The van der Waals surface area contributed by atoms with E-state index in [-0.39, 0.29) is 5.41 Å². The number of fused-ring (bicyclic) bond motifs is 12. The molecule has 0 aliphatic carbocycles. The van der Waals surface area contributed by atoms with Crippen molar-refractivity contribution in [3.8, 4) is 11.5 Å². The summed E-state index contributed by atoms with van der Waals surface area (Å²) in [6.07, 6.45) is 7.78. The summed E-state index contributed by atoms with van der Waals surface area (Å²) in [6, 6.07) is 27.6. The fourth-order valence-corrected chi connectivity index (χ4v) is 6.09. The Labute approximate surface area is 224 Å². The van der Waals surface area contributed by atoms with Gasteiger partial charge in [-0.25, -0.2) is 9.97 Å². The predicted molar refractivity (Wildman–Crippen MR) is 159 cm³/mol. The van der Waals surface area contributed by atoms with E-state index in [1.165, 1.54) is 27.2 Å². The summed E-state index contributed by atoms with van der Waals surface area (Å²) in [4.78, 5) is 9.40. The van der Waals surface area contributed by atoms with Crippen molar-refractivity contribution in [3.63, 3.8) is 0 Å². The number of rotatable bonds is 2. The number of benzene rings is 4. The number of imidazole rings is 2. The maximum atomic E-state index is 6.49. The summed E-state index contributed by atoms with van der Waals surface area (Å²) in [5.41, 5.74) is 5.49. The summed E-state index contributed by atoms with van der Waals surface area (Å²) in [5.74, 6) is 1.55. The van der Waals surface area contributed by atoms with Crippen LogP contribution in [0.2, 0.25) is 0 Å². The SMILES string of the molecule is CC(C)(C)c1cccc2c1c1ccc(Oc3ccc4c5ccccc5n5ccnc5c4c3)cc1c1nccn21. The van der Waals surface area contributed by atoms with Crippen molar-refractivity contribution < 1.29 is 4.74 Å². The van der Waals surface area contributed by atoms with Crippen LogP contribution in [0.3, 0.4) is 0 Å². The molecule has 0 amide bonds. The van der Waals surface area contributed by atoms with Gasteiger partial charge in [0.25, 0.3) is 0 Å². The van der Waals surface area contributed by atoms with Crippen molar-refractivity contribution in [1.82, 2.24) is 18.8 Å². The molecule has 4 aromatic carbocycles. The summed E-state index contributed by atoms with van der Waals surface area (Å²) in [7, 11) is 0. The van der Waals surface area contributed by atoms with Gasteiger partial charge in [0.15, 0.2) is 0 Å². The quantitative estimate of drug-likeness (QED) is 0.220. The van der Waals surface area contributed by atoms with Crippen LogP contribution < -0.4 is 4.74 Å². The smallest absolute Gasteiger partial charge is 0.145 e. The van der Waals surface area contributed by atoms with E-state index in [0.29, 0.717) is 0 Å². The highest BCUT2D eigenvalue weighted by atomic mass is 16.5. The standard InChI is InChI=1S/C34H26N4O/c1-34(2,3)28-8-6-10-30-31(28)25-14-12-22(20-27(25)33-36-16-18-38(30)33)39-21-11-13-23-24-7-4-5-9-29(24)37-17-15-35-32(37)26(23)19-21/h4-20H,1-3H3. The monoisotopic (exact) mass is 506 g/mol. The van der Waals surface area contributed by atoms with Gasteiger partial charge in [0.1, 0.15) is 22.8 Å². The fraction of sp³-hybridized carbons (Fsp3) is 0.118. The average molecular weight is 507 g/mol. The minimum Gasteiger partial charge on any atom is -0.457 e. The molecular formula is C34H26N4O. The molecular weight excluding hydrogens is 480 g/mol. The number of ether oxygens (including phenoxy) is 1. The normalized spacial score (nSPS) is 12.5. The van der Waals surface area contributed by atoms with E-state index in [1.807, 2.05) is 30.9 Å². The predicted octanol–water partition coefficient (Wildman–Crippen LogP) is 8.68. The van der Waals surface area contributed by atoms with Crippen LogP contribution in [-0.4, -0.2) is 18.8 Å². The maximum absolute atomic E-state index is 6.49. The molecule has 39 heavy (non-hydrogen) atoms. The molecule has 4 heterocycles. The van der Waals surface area contributed by atoms with E-state index in [4.69, 9.17) is 9.72 Å².